The summed E-state index contributed by atoms with van der Waals surface area (Å²) in [6.45, 7) is 6.17. The van der Waals surface area contributed by atoms with Gasteiger partial charge in [0.05, 0.1) is 17.5 Å². The molecule has 2 aromatic carbocycles. The minimum atomic E-state index is -0.967. The van der Waals surface area contributed by atoms with Gasteiger partial charge in [0.15, 0.2) is 12.7 Å². The van der Waals surface area contributed by atoms with E-state index in [1.54, 1.807) is 18.3 Å². The van der Waals surface area contributed by atoms with Gasteiger partial charge in [-0.3, -0.25) is 4.98 Å². The minimum absolute atomic E-state index is 0.152. The summed E-state index contributed by atoms with van der Waals surface area (Å²) in [6.07, 6.45) is 1.06. The van der Waals surface area contributed by atoms with Crippen LogP contribution in [0.1, 0.15) is 31.9 Å². The highest BCUT2D eigenvalue weighted by molar-refractivity contribution is 5.98. The van der Waals surface area contributed by atoms with E-state index in [1.807, 2.05) is 75.4 Å². The summed E-state index contributed by atoms with van der Waals surface area (Å²) in [6, 6.07) is 21.1. The van der Waals surface area contributed by atoms with Crippen LogP contribution in [-0.2, 0) is 20.8 Å². The summed E-state index contributed by atoms with van der Waals surface area (Å²) >= 11 is 0. The van der Waals surface area contributed by atoms with Crippen LogP contribution in [0.15, 0.2) is 78.1 Å². The third-order valence-electron chi connectivity index (χ3n) is 4.96. The molecule has 178 valence electrons. The molecular formula is C27H30N2O5. The molecule has 1 unspecified atom stereocenters. The lowest BCUT2D eigenvalue weighted by atomic mass is 10.1. The van der Waals surface area contributed by atoms with Crippen LogP contribution >= 0.6 is 0 Å². The third kappa shape index (κ3) is 7.71. The Morgan fingerprint density at radius 1 is 1.00 bits per heavy atom. The number of oxime groups is 1. The zero-order chi connectivity index (χ0) is 24.3. The highest BCUT2D eigenvalue weighted by Gasteiger charge is 2.20. The van der Waals surface area contributed by atoms with E-state index in [1.165, 1.54) is 0 Å². The van der Waals surface area contributed by atoms with Crippen LogP contribution in [-0.4, -0.2) is 47.2 Å². The maximum atomic E-state index is 11.3. The molecule has 0 aliphatic rings. The van der Waals surface area contributed by atoms with Crippen LogP contribution in [0.5, 0.6) is 5.75 Å². The number of nitrogens with zero attached hydrogens (tertiary/aromatic N) is 2. The van der Waals surface area contributed by atoms with E-state index in [9.17, 15) is 9.90 Å². The quantitative estimate of drug-likeness (QED) is 0.232. The molecule has 0 bridgehead atoms. The number of ether oxygens (including phenoxy) is 2. The molecule has 7 heteroatoms. The second kappa shape index (κ2) is 12.5. The summed E-state index contributed by atoms with van der Waals surface area (Å²) in [5.41, 5.74) is 4.58. The number of rotatable bonds is 12. The largest absolute Gasteiger partial charge is 0.490 e. The summed E-state index contributed by atoms with van der Waals surface area (Å²) < 4.78 is 11.1. The van der Waals surface area contributed by atoms with Gasteiger partial charge in [0.2, 0.25) is 0 Å². The number of carboxylic acids is 1. The Morgan fingerprint density at radius 2 is 1.74 bits per heavy atom. The maximum Gasteiger partial charge on any atom is 0.333 e. The molecule has 1 heterocycles. The number of carbonyl (C=O) groups is 1. The van der Waals surface area contributed by atoms with Crippen molar-refractivity contribution >= 4 is 11.7 Å². The number of benzene rings is 2. The number of carboxylic acid groups (broad SMARTS) is 1. The van der Waals surface area contributed by atoms with Crippen molar-refractivity contribution in [2.24, 2.45) is 5.16 Å². The second-order valence-electron chi connectivity index (χ2n) is 8.01. The lowest BCUT2D eigenvalue weighted by Crippen LogP contribution is -2.29. The van der Waals surface area contributed by atoms with Crippen molar-refractivity contribution in [3.8, 4) is 17.0 Å². The van der Waals surface area contributed by atoms with Crippen molar-refractivity contribution in [2.75, 3.05) is 13.2 Å². The zero-order valence-corrected chi connectivity index (χ0v) is 19.7. The van der Waals surface area contributed by atoms with Crippen molar-refractivity contribution in [2.45, 2.75) is 39.4 Å². The van der Waals surface area contributed by atoms with Crippen molar-refractivity contribution in [3.63, 3.8) is 0 Å². The molecule has 34 heavy (non-hydrogen) atoms. The predicted octanol–water partition coefficient (Wildman–Crippen LogP) is 4.99. The molecule has 0 radical (unpaired) electrons. The maximum absolute atomic E-state index is 11.3. The van der Waals surface area contributed by atoms with Crippen molar-refractivity contribution < 1.29 is 24.2 Å². The van der Waals surface area contributed by atoms with Gasteiger partial charge in [0.1, 0.15) is 12.4 Å². The first-order chi connectivity index (χ1) is 16.4. The fourth-order valence-electron chi connectivity index (χ4n) is 3.27. The number of pyridine rings is 1. The number of aliphatic carboxylic acids is 1. The van der Waals surface area contributed by atoms with Gasteiger partial charge in [0, 0.05) is 18.2 Å². The van der Waals surface area contributed by atoms with E-state index in [2.05, 4.69) is 10.1 Å². The first-order valence-corrected chi connectivity index (χ1v) is 11.2. The molecular weight excluding hydrogens is 432 g/mol. The second-order valence-corrected chi connectivity index (χ2v) is 8.01. The normalized spacial score (nSPS) is 12.4. The lowest BCUT2D eigenvalue weighted by Gasteiger charge is -2.16. The first-order valence-electron chi connectivity index (χ1n) is 11.2. The third-order valence-corrected chi connectivity index (χ3v) is 4.96. The molecule has 0 aliphatic heterocycles. The van der Waals surface area contributed by atoms with E-state index in [0.717, 1.165) is 28.1 Å². The molecule has 3 rings (SSSR count). The highest BCUT2D eigenvalue weighted by atomic mass is 16.6. The van der Waals surface area contributed by atoms with E-state index in [-0.39, 0.29) is 6.10 Å². The molecule has 7 nitrogen and oxygen atoms in total. The monoisotopic (exact) mass is 462 g/mol. The van der Waals surface area contributed by atoms with Gasteiger partial charge in [0.25, 0.3) is 0 Å². The number of aromatic nitrogens is 1. The van der Waals surface area contributed by atoms with Crippen molar-refractivity contribution in [1.82, 2.24) is 4.98 Å². The Balaban J connectivity index is 1.43. The average Bonchev–Trinajstić information content (AvgIpc) is 2.84. The Bertz CT molecular complexity index is 1060. The Hall–Kier alpha value is -3.71. The van der Waals surface area contributed by atoms with Crippen molar-refractivity contribution in [3.05, 3.63) is 84.1 Å². The molecule has 1 atom stereocenters. The predicted molar refractivity (Wildman–Crippen MR) is 131 cm³/mol. The van der Waals surface area contributed by atoms with E-state index >= 15 is 0 Å². The number of hydrogen-bond acceptors (Lipinski definition) is 6. The van der Waals surface area contributed by atoms with Gasteiger partial charge in [-0.15, -0.1) is 0 Å². The highest BCUT2D eigenvalue weighted by Crippen LogP contribution is 2.18. The minimum Gasteiger partial charge on any atom is -0.490 e. The topological polar surface area (TPSA) is 90.2 Å². The Morgan fingerprint density at radius 3 is 2.35 bits per heavy atom. The average molecular weight is 463 g/mol. The first kappa shape index (κ1) is 24.9. The molecule has 0 amide bonds. The molecule has 0 spiro atoms. The molecule has 0 saturated heterocycles. The zero-order valence-electron chi connectivity index (χ0n) is 19.7. The van der Waals surface area contributed by atoms with Gasteiger partial charge in [-0.1, -0.05) is 47.6 Å². The molecule has 1 aromatic heterocycles. The van der Waals surface area contributed by atoms with Gasteiger partial charge < -0.3 is 19.4 Å². The summed E-state index contributed by atoms with van der Waals surface area (Å²) in [7, 11) is 0. The van der Waals surface area contributed by atoms with E-state index in [0.29, 0.717) is 25.4 Å². The van der Waals surface area contributed by atoms with Gasteiger partial charge in [-0.2, -0.15) is 0 Å². The van der Waals surface area contributed by atoms with Gasteiger partial charge in [-0.05, 0) is 56.2 Å². The van der Waals surface area contributed by atoms with Crippen molar-refractivity contribution in [1.29, 1.82) is 0 Å². The van der Waals surface area contributed by atoms with Gasteiger partial charge >= 0.3 is 5.97 Å². The van der Waals surface area contributed by atoms with Crippen LogP contribution in [0.4, 0.5) is 0 Å². The fraction of sp³-hybridized carbons (Fsp3) is 0.296. The summed E-state index contributed by atoms with van der Waals surface area (Å²) in [5, 5.41) is 13.5. The Kier molecular flexibility index (Phi) is 9.17. The van der Waals surface area contributed by atoms with Crippen LogP contribution in [0, 0.1) is 0 Å². The summed E-state index contributed by atoms with van der Waals surface area (Å²) in [4.78, 5) is 21.1. The Labute approximate surface area is 200 Å². The van der Waals surface area contributed by atoms with E-state index in [4.69, 9.17) is 14.3 Å². The SMILES string of the molecule is C/C(=N/OCCOc1ccc(CC(OC(C)C)C(=O)O)cc1)c1ccc(-c2ccccn2)cc1. The summed E-state index contributed by atoms with van der Waals surface area (Å²) in [5.74, 6) is -0.291. The van der Waals surface area contributed by atoms with Crippen LogP contribution in [0.2, 0.25) is 0 Å². The lowest BCUT2D eigenvalue weighted by molar-refractivity contribution is -0.153. The molecule has 0 saturated carbocycles. The smallest absolute Gasteiger partial charge is 0.333 e. The standard InChI is InChI=1S/C27H30N2O5/c1-19(2)34-26(27(30)31)18-21-7-13-24(14-8-21)32-16-17-33-29-20(3)22-9-11-23(12-10-22)25-6-4-5-15-28-25/h4-15,19,26H,16-18H2,1-3H3,(H,30,31)/b29-20-. The molecule has 3 aromatic rings. The fourth-order valence-corrected chi connectivity index (χ4v) is 3.27. The van der Waals surface area contributed by atoms with E-state index < -0.39 is 12.1 Å². The number of hydrogen-bond donors (Lipinski definition) is 1. The molecule has 0 aliphatic carbocycles. The van der Waals surface area contributed by atoms with Crippen LogP contribution < -0.4 is 4.74 Å². The molecule has 0 fully saturated rings. The van der Waals surface area contributed by atoms with Crippen LogP contribution in [0.3, 0.4) is 0 Å². The van der Waals surface area contributed by atoms with Crippen LogP contribution in [0.25, 0.3) is 11.3 Å². The molecule has 1 N–H and O–H groups in total. The van der Waals surface area contributed by atoms with Gasteiger partial charge in [-0.25, -0.2) is 4.79 Å².